The molecule has 168 valence electrons. The van der Waals surface area contributed by atoms with Gasteiger partial charge in [-0.2, -0.15) is 0 Å². The fraction of sp³-hybridized carbons (Fsp3) is 0.208. The highest BCUT2D eigenvalue weighted by Gasteiger charge is 2.28. The van der Waals surface area contributed by atoms with Gasteiger partial charge in [-0.15, -0.1) is 0 Å². The van der Waals surface area contributed by atoms with Gasteiger partial charge in [-0.1, -0.05) is 59.6 Å². The molecule has 8 heteroatoms. The number of anilines is 1. The standard InChI is InChI=1S/C24H24Cl2N2O3S/c1-18-22(26)10-5-11-23(18)28(32(30,31)21-8-3-2-4-9-21)17-24(29)27-16-6-7-19-12-14-20(25)15-13-19/h2-5,8-15H,6-7,16-17H2,1H3,(H,27,29). The number of rotatable bonds is 9. The van der Waals surface area contributed by atoms with Gasteiger partial charge in [0.2, 0.25) is 5.91 Å². The Morgan fingerprint density at radius 2 is 1.62 bits per heavy atom. The molecule has 0 radical (unpaired) electrons. The summed E-state index contributed by atoms with van der Waals surface area (Å²) in [5.74, 6) is -0.389. The highest BCUT2D eigenvalue weighted by molar-refractivity contribution is 7.92. The lowest BCUT2D eigenvalue weighted by atomic mass is 10.1. The zero-order chi connectivity index (χ0) is 23.1. The molecule has 3 aromatic rings. The summed E-state index contributed by atoms with van der Waals surface area (Å²) in [4.78, 5) is 12.8. The Labute approximate surface area is 199 Å². The molecule has 3 rings (SSSR count). The molecule has 0 heterocycles. The summed E-state index contributed by atoms with van der Waals surface area (Å²) in [5, 5.41) is 3.93. The van der Waals surface area contributed by atoms with Crippen LogP contribution in [0.4, 0.5) is 5.69 Å². The van der Waals surface area contributed by atoms with Gasteiger partial charge in [-0.25, -0.2) is 8.42 Å². The molecule has 0 bridgehead atoms. The topological polar surface area (TPSA) is 66.5 Å². The maximum atomic E-state index is 13.4. The van der Waals surface area contributed by atoms with Crippen LogP contribution >= 0.6 is 23.2 Å². The van der Waals surface area contributed by atoms with Crippen LogP contribution in [0.25, 0.3) is 0 Å². The van der Waals surface area contributed by atoms with Crippen molar-refractivity contribution in [2.24, 2.45) is 0 Å². The third kappa shape index (κ3) is 6.03. The van der Waals surface area contributed by atoms with Crippen molar-refractivity contribution in [3.05, 3.63) is 94.0 Å². The number of nitrogens with zero attached hydrogens (tertiary/aromatic N) is 1. The second-order valence-corrected chi connectivity index (χ2v) is 9.99. The summed E-state index contributed by atoms with van der Waals surface area (Å²) in [6, 6.07) is 20.6. The van der Waals surface area contributed by atoms with Crippen LogP contribution in [0.5, 0.6) is 0 Å². The number of hydrogen-bond acceptors (Lipinski definition) is 3. The van der Waals surface area contributed by atoms with E-state index in [-0.39, 0.29) is 17.3 Å². The van der Waals surface area contributed by atoms with E-state index in [4.69, 9.17) is 23.2 Å². The number of carbonyl (C=O) groups is 1. The molecule has 0 fully saturated rings. The van der Waals surface area contributed by atoms with Crippen molar-refractivity contribution in [3.8, 4) is 0 Å². The van der Waals surface area contributed by atoms with E-state index in [1.54, 1.807) is 43.3 Å². The molecule has 0 unspecified atom stereocenters. The molecule has 0 saturated carbocycles. The Morgan fingerprint density at radius 3 is 2.31 bits per heavy atom. The van der Waals surface area contributed by atoms with E-state index in [0.717, 1.165) is 22.7 Å². The van der Waals surface area contributed by atoms with Gasteiger partial charge in [0.05, 0.1) is 10.6 Å². The molecule has 1 N–H and O–H groups in total. The Morgan fingerprint density at radius 1 is 0.938 bits per heavy atom. The molecule has 5 nitrogen and oxygen atoms in total. The fourth-order valence-electron chi connectivity index (χ4n) is 3.24. The molecule has 32 heavy (non-hydrogen) atoms. The number of aryl methyl sites for hydroxylation is 1. The number of benzene rings is 3. The summed E-state index contributed by atoms with van der Waals surface area (Å²) < 4.78 is 27.8. The Balaban J connectivity index is 1.73. The van der Waals surface area contributed by atoms with Crippen molar-refractivity contribution < 1.29 is 13.2 Å². The van der Waals surface area contributed by atoms with E-state index in [9.17, 15) is 13.2 Å². The fourth-order valence-corrected chi connectivity index (χ4v) is 5.04. The van der Waals surface area contributed by atoms with Crippen molar-refractivity contribution in [2.75, 3.05) is 17.4 Å². The average molecular weight is 491 g/mol. The zero-order valence-electron chi connectivity index (χ0n) is 17.6. The van der Waals surface area contributed by atoms with Gasteiger partial charge in [-0.3, -0.25) is 9.10 Å². The van der Waals surface area contributed by atoms with Crippen LogP contribution in [0.15, 0.2) is 77.7 Å². The molecule has 0 aliphatic heterocycles. The second kappa shape index (κ2) is 10.9. The number of carbonyl (C=O) groups excluding carboxylic acids is 1. The van der Waals surface area contributed by atoms with Gasteiger partial charge < -0.3 is 5.32 Å². The third-order valence-corrected chi connectivity index (χ3v) is 7.44. The first-order chi connectivity index (χ1) is 15.3. The van der Waals surface area contributed by atoms with Gasteiger partial charge in [0, 0.05) is 16.6 Å². The van der Waals surface area contributed by atoms with E-state index < -0.39 is 10.0 Å². The maximum Gasteiger partial charge on any atom is 0.264 e. The van der Waals surface area contributed by atoms with Gasteiger partial charge in [0.25, 0.3) is 10.0 Å². The van der Waals surface area contributed by atoms with Crippen LogP contribution in [0.2, 0.25) is 10.0 Å². The minimum Gasteiger partial charge on any atom is -0.355 e. The summed E-state index contributed by atoms with van der Waals surface area (Å²) >= 11 is 12.1. The minimum absolute atomic E-state index is 0.106. The van der Waals surface area contributed by atoms with Crippen molar-refractivity contribution >= 4 is 44.8 Å². The van der Waals surface area contributed by atoms with E-state index in [2.05, 4.69) is 5.32 Å². The summed E-state index contributed by atoms with van der Waals surface area (Å²) in [6.45, 7) is 1.81. The molecule has 0 spiro atoms. The normalized spacial score (nSPS) is 11.2. The van der Waals surface area contributed by atoms with Gasteiger partial charge in [-0.05, 0) is 67.3 Å². The number of nitrogens with one attached hydrogen (secondary N) is 1. The molecule has 0 aromatic heterocycles. The van der Waals surface area contributed by atoms with Crippen molar-refractivity contribution in [1.29, 1.82) is 0 Å². The number of hydrogen-bond donors (Lipinski definition) is 1. The van der Waals surface area contributed by atoms with Crippen LogP contribution in [0.3, 0.4) is 0 Å². The van der Waals surface area contributed by atoms with E-state index in [1.807, 2.05) is 24.3 Å². The van der Waals surface area contributed by atoms with Gasteiger partial charge in [0.15, 0.2) is 0 Å². The Hall–Kier alpha value is -2.54. The van der Waals surface area contributed by atoms with Crippen LogP contribution in [0, 0.1) is 6.92 Å². The van der Waals surface area contributed by atoms with Crippen molar-refractivity contribution in [3.63, 3.8) is 0 Å². The average Bonchev–Trinajstić information content (AvgIpc) is 2.79. The van der Waals surface area contributed by atoms with E-state index in [0.29, 0.717) is 27.8 Å². The van der Waals surface area contributed by atoms with Crippen LogP contribution < -0.4 is 9.62 Å². The quantitative estimate of drug-likeness (QED) is 0.416. The number of amides is 1. The Kier molecular flexibility index (Phi) is 8.18. The van der Waals surface area contributed by atoms with E-state index in [1.165, 1.54) is 12.1 Å². The summed E-state index contributed by atoms with van der Waals surface area (Å²) in [7, 11) is -3.96. The lowest BCUT2D eigenvalue weighted by Gasteiger charge is -2.26. The Bertz CT molecular complexity index is 1170. The summed E-state index contributed by atoms with van der Waals surface area (Å²) in [6.07, 6.45) is 1.49. The molecular formula is C24H24Cl2N2O3S. The third-order valence-electron chi connectivity index (χ3n) is 5.00. The van der Waals surface area contributed by atoms with Crippen LogP contribution in [0.1, 0.15) is 17.5 Å². The molecular weight excluding hydrogens is 467 g/mol. The number of halogens is 2. The maximum absolute atomic E-state index is 13.4. The first-order valence-corrected chi connectivity index (χ1v) is 12.3. The molecule has 0 saturated heterocycles. The highest BCUT2D eigenvalue weighted by Crippen LogP contribution is 2.30. The van der Waals surface area contributed by atoms with Crippen molar-refractivity contribution in [2.45, 2.75) is 24.7 Å². The predicted octanol–water partition coefficient (Wildman–Crippen LogP) is 5.25. The van der Waals surface area contributed by atoms with Crippen LogP contribution in [-0.4, -0.2) is 27.4 Å². The molecule has 0 aliphatic rings. The monoisotopic (exact) mass is 490 g/mol. The van der Waals surface area contributed by atoms with Crippen molar-refractivity contribution in [1.82, 2.24) is 5.32 Å². The predicted molar refractivity (Wildman–Crippen MR) is 130 cm³/mol. The SMILES string of the molecule is Cc1c(Cl)cccc1N(CC(=O)NCCCc1ccc(Cl)cc1)S(=O)(=O)c1ccccc1. The second-order valence-electron chi connectivity index (χ2n) is 7.29. The zero-order valence-corrected chi connectivity index (χ0v) is 19.9. The molecule has 0 aliphatic carbocycles. The molecule has 3 aromatic carbocycles. The van der Waals surface area contributed by atoms with Crippen LogP contribution in [-0.2, 0) is 21.2 Å². The summed E-state index contributed by atoms with van der Waals surface area (Å²) in [5.41, 5.74) is 2.08. The highest BCUT2D eigenvalue weighted by atomic mass is 35.5. The van der Waals surface area contributed by atoms with E-state index >= 15 is 0 Å². The largest absolute Gasteiger partial charge is 0.355 e. The lowest BCUT2D eigenvalue weighted by Crippen LogP contribution is -2.41. The first kappa shape index (κ1) is 24.1. The lowest BCUT2D eigenvalue weighted by molar-refractivity contribution is -0.119. The molecule has 0 atom stereocenters. The first-order valence-electron chi connectivity index (χ1n) is 10.1. The molecule has 1 amide bonds. The van der Waals surface area contributed by atoms with Gasteiger partial charge in [0.1, 0.15) is 6.54 Å². The number of sulfonamides is 1. The minimum atomic E-state index is -3.96. The smallest absolute Gasteiger partial charge is 0.264 e. The van der Waals surface area contributed by atoms with Gasteiger partial charge >= 0.3 is 0 Å².